The predicted octanol–water partition coefficient (Wildman–Crippen LogP) is 2.22. The van der Waals surface area contributed by atoms with E-state index < -0.39 is 0 Å². The molecule has 1 aromatic rings. The lowest BCUT2D eigenvalue weighted by Crippen LogP contribution is -2.45. The average Bonchev–Trinajstić information content (AvgIpc) is 3.28. The van der Waals surface area contributed by atoms with Crippen LogP contribution in [0.25, 0.3) is 0 Å². The second-order valence-corrected chi connectivity index (χ2v) is 6.50. The zero-order valence-electron chi connectivity index (χ0n) is 11.4. The molecule has 6 heteroatoms. The van der Waals surface area contributed by atoms with Crippen molar-refractivity contribution in [2.75, 3.05) is 6.54 Å². The summed E-state index contributed by atoms with van der Waals surface area (Å²) < 4.78 is 13.6. The van der Waals surface area contributed by atoms with Crippen molar-refractivity contribution in [1.82, 2.24) is 10.2 Å². The number of carbonyl (C=O) groups excluding carboxylic acids is 2. The minimum Gasteiger partial charge on any atom is -0.344 e. The third-order valence-electron chi connectivity index (χ3n) is 3.95. The van der Waals surface area contributed by atoms with Gasteiger partial charge in [-0.2, -0.15) is 0 Å². The Bertz CT molecular complexity index is 589. The van der Waals surface area contributed by atoms with E-state index in [1.54, 1.807) is 17.0 Å². The van der Waals surface area contributed by atoms with Crippen molar-refractivity contribution in [3.8, 4) is 0 Å². The number of halogens is 2. The van der Waals surface area contributed by atoms with Gasteiger partial charge in [0.25, 0.3) is 0 Å². The van der Waals surface area contributed by atoms with Crippen LogP contribution in [0.15, 0.2) is 22.7 Å². The smallest absolute Gasteiger partial charge is 0.245 e. The zero-order chi connectivity index (χ0) is 15.0. The number of carbonyl (C=O) groups is 2. The highest BCUT2D eigenvalue weighted by Crippen LogP contribution is 2.34. The molecule has 1 unspecified atom stereocenters. The van der Waals surface area contributed by atoms with Crippen molar-refractivity contribution in [3.05, 3.63) is 34.1 Å². The molecule has 2 fully saturated rings. The summed E-state index contributed by atoms with van der Waals surface area (Å²) in [6.07, 6.45) is 2.30. The summed E-state index contributed by atoms with van der Waals surface area (Å²) in [5.74, 6) is -0.137. The fourth-order valence-corrected chi connectivity index (χ4v) is 3.04. The Kier molecular flexibility index (Phi) is 3.97. The maximum Gasteiger partial charge on any atom is 0.245 e. The number of hydrogen-bond acceptors (Lipinski definition) is 2. The molecule has 3 rings (SSSR count). The molecule has 0 spiro atoms. The lowest BCUT2D eigenvalue weighted by molar-refractivity contribution is -0.134. The van der Waals surface area contributed by atoms with E-state index >= 15 is 0 Å². The van der Waals surface area contributed by atoms with Crippen molar-refractivity contribution in [3.63, 3.8) is 0 Å². The quantitative estimate of drug-likeness (QED) is 0.904. The molecule has 1 aromatic carbocycles. The van der Waals surface area contributed by atoms with E-state index in [0.717, 1.165) is 18.4 Å². The summed E-state index contributed by atoms with van der Waals surface area (Å²) in [4.78, 5) is 26.0. The highest BCUT2D eigenvalue weighted by atomic mass is 79.9. The number of rotatable bonds is 3. The summed E-state index contributed by atoms with van der Waals surface area (Å²) in [6, 6.07) is 4.33. The van der Waals surface area contributed by atoms with E-state index in [0.29, 0.717) is 24.0 Å². The van der Waals surface area contributed by atoms with E-state index in [4.69, 9.17) is 0 Å². The Hall–Kier alpha value is -1.43. The molecule has 1 N–H and O–H groups in total. The second kappa shape index (κ2) is 5.75. The van der Waals surface area contributed by atoms with Crippen LogP contribution in [0.2, 0.25) is 0 Å². The van der Waals surface area contributed by atoms with Gasteiger partial charge in [-0.3, -0.25) is 9.59 Å². The molecule has 1 aliphatic carbocycles. The van der Waals surface area contributed by atoms with Crippen LogP contribution in [-0.2, 0) is 16.1 Å². The molecule has 4 nitrogen and oxygen atoms in total. The van der Waals surface area contributed by atoms with E-state index in [-0.39, 0.29) is 29.6 Å². The molecule has 1 atom stereocenters. The van der Waals surface area contributed by atoms with Gasteiger partial charge >= 0.3 is 0 Å². The predicted molar refractivity (Wildman–Crippen MR) is 78.8 cm³/mol. The number of benzene rings is 1. The van der Waals surface area contributed by atoms with Crippen molar-refractivity contribution in [2.24, 2.45) is 5.92 Å². The van der Waals surface area contributed by atoms with Crippen LogP contribution in [-0.4, -0.2) is 29.3 Å². The monoisotopic (exact) mass is 354 g/mol. The SMILES string of the molecule is O=C1CCN(Cc2ccc(F)c(Br)c2)C(=O)C(C2CC2)N1. The van der Waals surface area contributed by atoms with Gasteiger partial charge in [-0.15, -0.1) is 0 Å². The molecule has 1 heterocycles. The van der Waals surface area contributed by atoms with Gasteiger partial charge in [-0.05, 0) is 52.4 Å². The number of nitrogens with zero attached hydrogens (tertiary/aromatic N) is 1. The van der Waals surface area contributed by atoms with Crippen molar-refractivity contribution < 1.29 is 14.0 Å². The molecule has 112 valence electrons. The molecular weight excluding hydrogens is 339 g/mol. The van der Waals surface area contributed by atoms with Gasteiger partial charge < -0.3 is 10.2 Å². The third kappa shape index (κ3) is 3.26. The van der Waals surface area contributed by atoms with E-state index in [1.165, 1.54) is 6.07 Å². The molecule has 0 bridgehead atoms. The standard InChI is InChI=1S/C15H16BrFN2O2/c16-11-7-9(1-4-12(11)17)8-19-6-5-13(20)18-14(15(19)21)10-2-3-10/h1,4,7,10,14H,2-3,5-6,8H2,(H,18,20). The van der Waals surface area contributed by atoms with Gasteiger partial charge in [0.2, 0.25) is 11.8 Å². The first-order valence-corrected chi connectivity index (χ1v) is 7.86. The second-order valence-electron chi connectivity index (χ2n) is 5.64. The van der Waals surface area contributed by atoms with E-state index in [1.807, 2.05) is 0 Å². The van der Waals surface area contributed by atoms with Gasteiger partial charge in [0.05, 0.1) is 4.47 Å². The molecule has 0 radical (unpaired) electrons. The summed E-state index contributed by atoms with van der Waals surface area (Å²) in [7, 11) is 0. The van der Waals surface area contributed by atoms with Crippen molar-refractivity contribution in [2.45, 2.75) is 31.8 Å². The fourth-order valence-electron chi connectivity index (χ4n) is 2.62. The van der Waals surface area contributed by atoms with Crippen molar-refractivity contribution in [1.29, 1.82) is 0 Å². The first-order chi connectivity index (χ1) is 10.0. The number of hydrogen-bond donors (Lipinski definition) is 1. The van der Waals surface area contributed by atoms with Crippen LogP contribution in [0.5, 0.6) is 0 Å². The molecule has 2 aliphatic rings. The number of amides is 2. The van der Waals surface area contributed by atoms with Crippen LogP contribution >= 0.6 is 15.9 Å². The molecule has 1 saturated heterocycles. The molecule has 1 saturated carbocycles. The molecule has 21 heavy (non-hydrogen) atoms. The molecule has 2 amide bonds. The Morgan fingerprint density at radius 3 is 2.76 bits per heavy atom. The highest BCUT2D eigenvalue weighted by molar-refractivity contribution is 9.10. The van der Waals surface area contributed by atoms with Gasteiger partial charge in [0, 0.05) is 19.5 Å². The first-order valence-electron chi connectivity index (χ1n) is 7.06. The van der Waals surface area contributed by atoms with Gasteiger partial charge in [0.1, 0.15) is 11.9 Å². The van der Waals surface area contributed by atoms with Gasteiger partial charge in [-0.25, -0.2) is 4.39 Å². The first kappa shape index (κ1) is 14.5. The Morgan fingerprint density at radius 2 is 2.10 bits per heavy atom. The summed E-state index contributed by atoms with van der Waals surface area (Å²) in [5.41, 5.74) is 0.848. The maximum atomic E-state index is 13.3. The minimum absolute atomic E-state index is 0.0243. The third-order valence-corrected chi connectivity index (χ3v) is 4.56. The van der Waals surface area contributed by atoms with Crippen molar-refractivity contribution >= 4 is 27.7 Å². The molecule has 0 aromatic heterocycles. The normalized spacial score (nSPS) is 23.0. The van der Waals surface area contributed by atoms with Crippen LogP contribution in [0.3, 0.4) is 0 Å². The van der Waals surface area contributed by atoms with E-state index in [9.17, 15) is 14.0 Å². The number of nitrogens with one attached hydrogen (secondary N) is 1. The lowest BCUT2D eigenvalue weighted by atomic mass is 10.1. The van der Waals surface area contributed by atoms with E-state index in [2.05, 4.69) is 21.2 Å². The average molecular weight is 355 g/mol. The van der Waals surface area contributed by atoms with Crippen LogP contribution in [0, 0.1) is 11.7 Å². The fraction of sp³-hybridized carbons (Fsp3) is 0.467. The van der Waals surface area contributed by atoms with Crippen LogP contribution < -0.4 is 5.32 Å². The topological polar surface area (TPSA) is 49.4 Å². The molecular formula is C15H16BrFN2O2. The Labute approximate surface area is 130 Å². The summed E-state index contributed by atoms with van der Waals surface area (Å²) >= 11 is 3.15. The lowest BCUT2D eigenvalue weighted by Gasteiger charge is -2.24. The summed E-state index contributed by atoms with van der Waals surface area (Å²) in [6.45, 7) is 0.804. The summed E-state index contributed by atoms with van der Waals surface area (Å²) in [5, 5.41) is 2.83. The van der Waals surface area contributed by atoms with Crippen LogP contribution in [0.1, 0.15) is 24.8 Å². The highest BCUT2D eigenvalue weighted by Gasteiger charge is 2.40. The minimum atomic E-state index is -0.385. The molecule has 1 aliphatic heterocycles. The maximum absolute atomic E-state index is 13.3. The Balaban J connectivity index is 1.77. The van der Waals surface area contributed by atoms with Gasteiger partial charge in [-0.1, -0.05) is 6.07 Å². The van der Waals surface area contributed by atoms with Gasteiger partial charge in [0.15, 0.2) is 0 Å². The largest absolute Gasteiger partial charge is 0.344 e. The van der Waals surface area contributed by atoms with Crippen LogP contribution in [0.4, 0.5) is 4.39 Å². The zero-order valence-corrected chi connectivity index (χ0v) is 13.0. The Morgan fingerprint density at radius 1 is 1.33 bits per heavy atom.